The third kappa shape index (κ3) is 1.62. The van der Waals surface area contributed by atoms with Crippen molar-refractivity contribution >= 4 is 15.9 Å². The third-order valence-electron chi connectivity index (χ3n) is 4.61. The largest absolute Gasteiger partial charge is 0.244 e. The number of alkyl halides is 1. The lowest BCUT2D eigenvalue weighted by Gasteiger charge is -2.50. The van der Waals surface area contributed by atoms with Crippen LogP contribution < -0.4 is 0 Å². The predicted molar refractivity (Wildman–Crippen MR) is 67.4 cm³/mol. The molecule has 3 fully saturated rings. The Bertz CT molecular complexity index is 371. The van der Waals surface area contributed by atoms with E-state index in [0.29, 0.717) is 0 Å². The molecule has 0 unspecified atom stereocenters. The Labute approximate surface area is 104 Å². The lowest BCUT2D eigenvalue weighted by Crippen LogP contribution is -2.45. The first-order valence-corrected chi connectivity index (χ1v) is 6.86. The Kier molecular flexibility index (Phi) is 2.39. The van der Waals surface area contributed by atoms with E-state index < -0.39 is 5.67 Å². The van der Waals surface area contributed by atoms with Gasteiger partial charge in [0.05, 0.1) is 0 Å². The molecule has 0 aromatic heterocycles. The Morgan fingerprint density at radius 2 is 1.38 bits per heavy atom. The Hall–Kier alpha value is -0.370. The molecule has 0 atom stereocenters. The molecule has 0 heterocycles. The number of hydrogen-bond donors (Lipinski definition) is 0. The first-order valence-electron chi connectivity index (χ1n) is 6.07. The van der Waals surface area contributed by atoms with Gasteiger partial charge in [-0.2, -0.15) is 0 Å². The topological polar surface area (TPSA) is 0 Å². The van der Waals surface area contributed by atoms with Crippen LogP contribution in [-0.2, 0) is 5.41 Å². The zero-order valence-corrected chi connectivity index (χ0v) is 10.9. The quantitative estimate of drug-likeness (QED) is 0.697. The number of fused-ring (bicyclic) bond motifs is 3. The summed E-state index contributed by atoms with van der Waals surface area (Å²) in [6, 6.07) is 8.63. The van der Waals surface area contributed by atoms with Gasteiger partial charge >= 0.3 is 0 Å². The summed E-state index contributed by atoms with van der Waals surface area (Å²) in [5.41, 5.74) is 0.878. The highest BCUT2D eigenvalue weighted by Gasteiger charge is 2.49. The van der Waals surface area contributed by atoms with Crippen LogP contribution in [0, 0.1) is 0 Å². The summed E-state index contributed by atoms with van der Waals surface area (Å²) in [6.45, 7) is 0. The van der Waals surface area contributed by atoms with Crippen LogP contribution in [0.2, 0.25) is 0 Å². The van der Waals surface area contributed by atoms with E-state index in [1.165, 1.54) is 5.56 Å². The smallest absolute Gasteiger partial charge is 0.111 e. The van der Waals surface area contributed by atoms with Gasteiger partial charge < -0.3 is 0 Å². The fourth-order valence-electron chi connectivity index (χ4n) is 3.38. The highest BCUT2D eigenvalue weighted by molar-refractivity contribution is 9.10. The summed E-state index contributed by atoms with van der Waals surface area (Å²) < 4.78 is 15.2. The molecule has 3 aliphatic rings. The van der Waals surface area contributed by atoms with Crippen molar-refractivity contribution in [2.75, 3.05) is 0 Å². The van der Waals surface area contributed by atoms with Crippen molar-refractivity contribution in [2.45, 2.75) is 49.6 Å². The molecule has 2 heteroatoms. The van der Waals surface area contributed by atoms with Crippen LogP contribution in [0.3, 0.4) is 0 Å². The second kappa shape index (κ2) is 3.56. The molecular formula is C14H16BrF. The van der Waals surface area contributed by atoms with Crippen LogP contribution in [0.25, 0.3) is 0 Å². The van der Waals surface area contributed by atoms with Gasteiger partial charge in [0.25, 0.3) is 0 Å². The summed E-state index contributed by atoms with van der Waals surface area (Å²) in [4.78, 5) is 0. The fourth-order valence-corrected chi connectivity index (χ4v) is 3.64. The van der Waals surface area contributed by atoms with Gasteiger partial charge in [0.15, 0.2) is 0 Å². The average Bonchev–Trinajstić information content (AvgIpc) is 2.31. The summed E-state index contributed by atoms with van der Waals surface area (Å²) in [6.07, 6.45) is 5.40. The van der Waals surface area contributed by atoms with Crippen molar-refractivity contribution < 1.29 is 4.39 Å². The number of rotatable bonds is 1. The second-order valence-corrected chi connectivity index (χ2v) is 6.35. The molecule has 0 amide bonds. The molecule has 16 heavy (non-hydrogen) atoms. The molecule has 3 saturated carbocycles. The molecule has 4 rings (SSSR count). The molecule has 2 bridgehead atoms. The lowest BCUT2D eigenvalue weighted by molar-refractivity contribution is 0.00351. The molecule has 3 aliphatic carbocycles. The average molecular weight is 283 g/mol. The van der Waals surface area contributed by atoms with Crippen LogP contribution in [-0.4, -0.2) is 5.67 Å². The van der Waals surface area contributed by atoms with Gasteiger partial charge in [-0.1, -0.05) is 28.1 Å². The normalized spacial score (nSPS) is 37.6. The van der Waals surface area contributed by atoms with Gasteiger partial charge in [-0.05, 0) is 61.6 Å². The molecule has 0 aliphatic heterocycles. The standard InChI is InChI=1S/C14H16BrF/c15-12-3-1-11(2-4-12)13-5-8-14(16,9-6-13)10-7-13/h1-4H,5-10H2. The second-order valence-electron chi connectivity index (χ2n) is 5.44. The van der Waals surface area contributed by atoms with E-state index >= 15 is 0 Å². The highest BCUT2D eigenvalue weighted by atomic mass is 79.9. The van der Waals surface area contributed by atoms with Crippen LogP contribution in [0.15, 0.2) is 28.7 Å². The van der Waals surface area contributed by atoms with Gasteiger partial charge in [0.2, 0.25) is 0 Å². The van der Waals surface area contributed by atoms with Crippen molar-refractivity contribution in [3.8, 4) is 0 Å². The molecule has 1 aromatic rings. The first-order chi connectivity index (χ1) is 7.62. The summed E-state index contributed by atoms with van der Waals surface area (Å²) in [5.74, 6) is 0. The van der Waals surface area contributed by atoms with E-state index in [9.17, 15) is 4.39 Å². The van der Waals surface area contributed by atoms with E-state index in [0.717, 1.165) is 43.0 Å². The van der Waals surface area contributed by atoms with Gasteiger partial charge in [-0.3, -0.25) is 0 Å². The molecule has 86 valence electrons. The van der Waals surface area contributed by atoms with Gasteiger partial charge in [-0.15, -0.1) is 0 Å². The van der Waals surface area contributed by atoms with E-state index in [2.05, 4.69) is 40.2 Å². The first kappa shape index (κ1) is 10.8. The molecular weight excluding hydrogens is 267 g/mol. The number of halogens is 2. The SMILES string of the molecule is FC12CCC(c3ccc(Br)cc3)(CC1)CC2. The monoisotopic (exact) mass is 282 g/mol. The molecule has 0 nitrogen and oxygen atoms in total. The summed E-state index contributed by atoms with van der Waals surface area (Å²) in [5, 5.41) is 0. The zero-order chi connectivity index (χ0) is 11.2. The Morgan fingerprint density at radius 3 is 1.88 bits per heavy atom. The van der Waals surface area contributed by atoms with Crippen LogP contribution in [0.4, 0.5) is 4.39 Å². The maximum Gasteiger partial charge on any atom is 0.111 e. The minimum atomic E-state index is -0.822. The number of benzene rings is 1. The molecule has 0 N–H and O–H groups in total. The van der Waals surface area contributed by atoms with E-state index in [1.54, 1.807) is 0 Å². The fraction of sp³-hybridized carbons (Fsp3) is 0.571. The van der Waals surface area contributed by atoms with Crippen LogP contribution in [0.5, 0.6) is 0 Å². The highest BCUT2D eigenvalue weighted by Crippen LogP contribution is 2.55. The maximum absolute atomic E-state index is 14.1. The van der Waals surface area contributed by atoms with Crippen molar-refractivity contribution in [1.82, 2.24) is 0 Å². The molecule has 1 aromatic carbocycles. The van der Waals surface area contributed by atoms with Crippen molar-refractivity contribution in [3.05, 3.63) is 34.3 Å². The number of hydrogen-bond acceptors (Lipinski definition) is 0. The van der Waals surface area contributed by atoms with Crippen molar-refractivity contribution in [3.63, 3.8) is 0 Å². The third-order valence-corrected chi connectivity index (χ3v) is 5.14. The van der Waals surface area contributed by atoms with Crippen molar-refractivity contribution in [2.24, 2.45) is 0 Å². The molecule has 0 spiro atoms. The minimum Gasteiger partial charge on any atom is -0.244 e. The van der Waals surface area contributed by atoms with Crippen LogP contribution in [0.1, 0.15) is 44.1 Å². The zero-order valence-electron chi connectivity index (χ0n) is 9.31. The Morgan fingerprint density at radius 1 is 0.875 bits per heavy atom. The predicted octanol–water partition coefficient (Wildman–Crippen LogP) is 4.76. The van der Waals surface area contributed by atoms with E-state index in [-0.39, 0.29) is 5.41 Å². The van der Waals surface area contributed by atoms with Gasteiger partial charge in [0, 0.05) is 4.47 Å². The van der Waals surface area contributed by atoms with Gasteiger partial charge in [0.1, 0.15) is 5.67 Å². The molecule has 0 radical (unpaired) electrons. The van der Waals surface area contributed by atoms with E-state index in [4.69, 9.17) is 0 Å². The van der Waals surface area contributed by atoms with Gasteiger partial charge in [-0.25, -0.2) is 4.39 Å². The summed E-state index contributed by atoms with van der Waals surface area (Å²) in [7, 11) is 0. The minimum absolute atomic E-state index is 0.286. The lowest BCUT2D eigenvalue weighted by atomic mass is 9.57. The molecule has 0 saturated heterocycles. The van der Waals surface area contributed by atoms with Crippen LogP contribution >= 0.6 is 15.9 Å². The summed E-state index contributed by atoms with van der Waals surface area (Å²) >= 11 is 3.47. The van der Waals surface area contributed by atoms with Crippen molar-refractivity contribution in [1.29, 1.82) is 0 Å². The Balaban J connectivity index is 1.92. The van der Waals surface area contributed by atoms with E-state index in [1.807, 2.05) is 0 Å². The maximum atomic E-state index is 14.1.